The molecule has 0 unspecified atom stereocenters. The highest BCUT2D eigenvalue weighted by molar-refractivity contribution is 6.09. The van der Waals surface area contributed by atoms with Crippen molar-refractivity contribution < 1.29 is 4.79 Å². The Hall–Kier alpha value is -3.52. The molecule has 5 nitrogen and oxygen atoms in total. The van der Waals surface area contributed by atoms with E-state index in [4.69, 9.17) is 0 Å². The third-order valence-electron chi connectivity index (χ3n) is 3.98. The lowest BCUT2D eigenvalue weighted by atomic mass is 10.1. The highest BCUT2D eigenvalue weighted by atomic mass is 16.1. The van der Waals surface area contributed by atoms with Crippen LogP contribution in [0, 0.1) is 25.2 Å². The molecule has 1 amide bonds. The number of amides is 1. The summed E-state index contributed by atoms with van der Waals surface area (Å²) < 4.78 is 0. The number of nitrogens with zero attached hydrogens (tertiary/aromatic N) is 3. The molecule has 0 spiro atoms. The third-order valence-corrected chi connectivity index (χ3v) is 3.98. The van der Waals surface area contributed by atoms with Crippen molar-refractivity contribution in [1.82, 2.24) is 9.97 Å². The molecule has 0 atom stereocenters. The van der Waals surface area contributed by atoms with Gasteiger partial charge in [0.2, 0.25) is 0 Å². The number of anilines is 1. The van der Waals surface area contributed by atoms with Crippen molar-refractivity contribution in [2.75, 3.05) is 5.32 Å². The number of hydrogen-bond acceptors (Lipinski definition) is 4. The van der Waals surface area contributed by atoms with E-state index in [0.717, 1.165) is 16.6 Å². The Labute approximate surface area is 145 Å². The van der Waals surface area contributed by atoms with Crippen molar-refractivity contribution >= 4 is 28.7 Å². The summed E-state index contributed by atoms with van der Waals surface area (Å²) >= 11 is 0. The molecule has 0 saturated heterocycles. The van der Waals surface area contributed by atoms with Crippen molar-refractivity contribution in [3.8, 4) is 6.07 Å². The van der Waals surface area contributed by atoms with Gasteiger partial charge in [0.05, 0.1) is 22.9 Å². The number of carbonyl (C=O) groups is 1. The van der Waals surface area contributed by atoms with Gasteiger partial charge in [-0.3, -0.25) is 9.78 Å². The van der Waals surface area contributed by atoms with Gasteiger partial charge in [0, 0.05) is 5.69 Å². The van der Waals surface area contributed by atoms with Crippen LogP contribution in [-0.4, -0.2) is 15.9 Å². The number of fused-ring (bicyclic) bond motifs is 1. The van der Waals surface area contributed by atoms with Crippen LogP contribution in [0.15, 0.2) is 54.2 Å². The number of nitrogens with one attached hydrogen (secondary N) is 1. The summed E-state index contributed by atoms with van der Waals surface area (Å²) in [6.45, 7) is 3.90. The van der Waals surface area contributed by atoms with Gasteiger partial charge in [-0.05, 0) is 49.2 Å². The Morgan fingerprint density at radius 3 is 2.64 bits per heavy atom. The van der Waals surface area contributed by atoms with Crippen LogP contribution < -0.4 is 5.32 Å². The van der Waals surface area contributed by atoms with E-state index >= 15 is 0 Å². The molecule has 0 aliphatic carbocycles. The first-order valence-electron chi connectivity index (χ1n) is 7.79. The van der Waals surface area contributed by atoms with Crippen LogP contribution in [0.1, 0.15) is 16.8 Å². The largest absolute Gasteiger partial charge is 0.321 e. The smallest absolute Gasteiger partial charge is 0.266 e. The number of rotatable bonds is 3. The fraction of sp³-hybridized carbons (Fsp3) is 0.100. The summed E-state index contributed by atoms with van der Waals surface area (Å²) in [5, 5.41) is 12.1. The number of aryl methyl sites for hydroxylation is 1. The normalized spacial score (nSPS) is 11.2. The standard InChI is InChI=1S/C20H16N4O/c1-13-6-5-9-17(14(13)2)24-20(25)15(11-21)10-16-12-22-18-7-3-4-8-19(18)23-16/h3-10,12H,1-2H3,(H,24,25)/b15-10+. The second kappa shape index (κ2) is 6.93. The van der Waals surface area contributed by atoms with Crippen LogP contribution in [0.4, 0.5) is 5.69 Å². The summed E-state index contributed by atoms with van der Waals surface area (Å²) in [4.78, 5) is 21.1. The fourth-order valence-corrected chi connectivity index (χ4v) is 2.41. The molecular formula is C20H16N4O. The third kappa shape index (κ3) is 3.54. The van der Waals surface area contributed by atoms with Crippen molar-refractivity contribution in [2.24, 2.45) is 0 Å². The van der Waals surface area contributed by atoms with Crippen molar-refractivity contribution in [3.05, 3.63) is 71.1 Å². The van der Waals surface area contributed by atoms with Gasteiger partial charge in [0.25, 0.3) is 5.91 Å². The molecule has 0 aliphatic rings. The number of para-hydroxylation sites is 2. The van der Waals surface area contributed by atoms with Gasteiger partial charge in [-0.2, -0.15) is 5.26 Å². The van der Waals surface area contributed by atoms with Gasteiger partial charge < -0.3 is 5.32 Å². The van der Waals surface area contributed by atoms with Gasteiger partial charge in [-0.15, -0.1) is 0 Å². The maximum absolute atomic E-state index is 12.4. The molecule has 1 heterocycles. The minimum absolute atomic E-state index is 0.0227. The van der Waals surface area contributed by atoms with E-state index in [2.05, 4.69) is 15.3 Å². The average molecular weight is 328 g/mol. The van der Waals surface area contributed by atoms with Crippen molar-refractivity contribution in [3.63, 3.8) is 0 Å². The predicted octanol–water partition coefficient (Wildman–Crippen LogP) is 3.79. The van der Waals surface area contributed by atoms with E-state index in [9.17, 15) is 10.1 Å². The van der Waals surface area contributed by atoms with Crippen LogP contribution >= 0.6 is 0 Å². The quantitative estimate of drug-likeness (QED) is 0.586. The zero-order valence-corrected chi connectivity index (χ0v) is 13.9. The molecule has 0 fully saturated rings. The van der Waals surface area contributed by atoms with Gasteiger partial charge in [0.1, 0.15) is 11.6 Å². The molecule has 0 bridgehead atoms. The Kier molecular flexibility index (Phi) is 4.53. The number of carbonyl (C=O) groups excluding carboxylic acids is 1. The van der Waals surface area contributed by atoms with E-state index < -0.39 is 5.91 Å². The predicted molar refractivity (Wildman–Crippen MR) is 97.7 cm³/mol. The second-order valence-electron chi connectivity index (χ2n) is 5.65. The molecule has 3 aromatic rings. The zero-order valence-electron chi connectivity index (χ0n) is 13.9. The van der Waals surface area contributed by atoms with E-state index in [1.807, 2.05) is 62.4 Å². The fourth-order valence-electron chi connectivity index (χ4n) is 2.41. The SMILES string of the molecule is Cc1cccc(NC(=O)/C(C#N)=C/c2cnc3ccccc3n2)c1C. The summed E-state index contributed by atoms with van der Waals surface area (Å²) in [7, 11) is 0. The summed E-state index contributed by atoms with van der Waals surface area (Å²) in [5.74, 6) is -0.467. The molecule has 0 saturated carbocycles. The van der Waals surface area contributed by atoms with E-state index in [1.165, 1.54) is 6.08 Å². The zero-order chi connectivity index (χ0) is 17.8. The Morgan fingerprint density at radius 2 is 1.88 bits per heavy atom. The minimum Gasteiger partial charge on any atom is -0.321 e. The molecular weight excluding hydrogens is 312 g/mol. The van der Waals surface area contributed by atoms with Crippen LogP contribution in [0.3, 0.4) is 0 Å². The molecule has 25 heavy (non-hydrogen) atoms. The van der Waals surface area contributed by atoms with E-state index in [1.54, 1.807) is 6.20 Å². The van der Waals surface area contributed by atoms with E-state index in [0.29, 0.717) is 16.9 Å². The first-order chi connectivity index (χ1) is 12.1. The van der Waals surface area contributed by atoms with Crippen LogP contribution in [0.25, 0.3) is 17.1 Å². The Balaban J connectivity index is 1.90. The van der Waals surface area contributed by atoms with Crippen LogP contribution in [0.2, 0.25) is 0 Å². The maximum atomic E-state index is 12.4. The molecule has 3 rings (SSSR count). The summed E-state index contributed by atoms with van der Waals surface area (Å²) in [6.07, 6.45) is 2.99. The number of hydrogen-bond donors (Lipinski definition) is 1. The Bertz CT molecular complexity index is 1030. The van der Waals surface area contributed by atoms with Crippen LogP contribution in [-0.2, 0) is 4.79 Å². The lowest BCUT2D eigenvalue weighted by Crippen LogP contribution is -2.14. The highest BCUT2D eigenvalue weighted by Gasteiger charge is 2.12. The average Bonchev–Trinajstić information content (AvgIpc) is 2.63. The van der Waals surface area contributed by atoms with Crippen molar-refractivity contribution in [1.29, 1.82) is 5.26 Å². The summed E-state index contributed by atoms with van der Waals surface area (Å²) in [6, 6.07) is 15.0. The highest BCUT2D eigenvalue weighted by Crippen LogP contribution is 2.19. The van der Waals surface area contributed by atoms with Gasteiger partial charge in [-0.25, -0.2) is 4.98 Å². The molecule has 1 N–H and O–H groups in total. The molecule has 0 aliphatic heterocycles. The first-order valence-corrected chi connectivity index (χ1v) is 7.79. The minimum atomic E-state index is -0.467. The lowest BCUT2D eigenvalue weighted by molar-refractivity contribution is -0.112. The number of benzene rings is 2. The second-order valence-corrected chi connectivity index (χ2v) is 5.65. The Morgan fingerprint density at radius 1 is 1.12 bits per heavy atom. The maximum Gasteiger partial charge on any atom is 0.266 e. The van der Waals surface area contributed by atoms with Crippen molar-refractivity contribution in [2.45, 2.75) is 13.8 Å². The number of aromatic nitrogens is 2. The molecule has 2 aromatic carbocycles. The summed E-state index contributed by atoms with van der Waals surface area (Å²) in [5.41, 5.74) is 4.65. The molecule has 122 valence electrons. The van der Waals surface area contributed by atoms with Gasteiger partial charge >= 0.3 is 0 Å². The topological polar surface area (TPSA) is 78.7 Å². The van der Waals surface area contributed by atoms with Crippen LogP contribution in [0.5, 0.6) is 0 Å². The monoisotopic (exact) mass is 328 g/mol. The molecule has 1 aromatic heterocycles. The lowest BCUT2D eigenvalue weighted by Gasteiger charge is -2.09. The van der Waals surface area contributed by atoms with Gasteiger partial charge in [0.15, 0.2) is 0 Å². The molecule has 5 heteroatoms. The number of nitriles is 1. The van der Waals surface area contributed by atoms with E-state index in [-0.39, 0.29) is 5.57 Å². The van der Waals surface area contributed by atoms with Gasteiger partial charge in [-0.1, -0.05) is 24.3 Å². The first kappa shape index (κ1) is 16.3. The molecule has 0 radical (unpaired) electrons.